The average Bonchev–Trinajstić information content (AvgIpc) is 3.38. The number of hydrogen-bond acceptors (Lipinski definition) is 3. The highest BCUT2D eigenvalue weighted by Gasteiger charge is 2.35. The molecule has 0 radical (unpaired) electrons. The van der Waals surface area contributed by atoms with E-state index in [-0.39, 0.29) is 16.8 Å². The number of amides is 1. The first kappa shape index (κ1) is 17.9. The molecule has 1 aliphatic rings. The highest BCUT2D eigenvalue weighted by Crippen LogP contribution is 2.42. The van der Waals surface area contributed by atoms with Gasteiger partial charge in [0.15, 0.2) is 0 Å². The van der Waals surface area contributed by atoms with E-state index in [1.165, 1.54) is 19.1 Å². The van der Waals surface area contributed by atoms with Gasteiger partial charge in [0.05, 0.1) is 4.90 Å². The minimum Gasteiger partial charge on any atom is -0.326 e. The van der Waals surface area contributed by atoms with Crippen molar-refractivity contribution >= 4 is 33.2 Å². The van der Waals surface area contributed by atoms with Crippen LogP contribution in [-0.4, -0.2) is 14.3 Å². The number of rotatable bonds is 6. The average molecular weight is 379 g/mol. The monoisotopic (exact) mass is 378 g/mol. The van der Waals surface area contributed by atoms with E-state index in [2.05, 4.69) is 10.0 Å². The first-order chi connectivity index (χ1) is 11.8. The Morgan fingerprint density at radius 2 is 1.68 bits per heavy atom. The lowest BCUT2D eigenvalue weighted by Gasteiger charge is -2.19. The van der Waals surface area contributed by atoms with Crippen molar-refractivity contribution in [3.8, 4) is 0 Å². The number of benzene rings is 2. The van der Waals surface area contributed by atoms with Gasteiger partial charge in [-0.25, -0.2) is 13.1 Å². The van der Waals surface area contributed by atoms with Crippen molar-refractivity contribution < 1.29 is 13.2 Å². The molecule has 0 aromatic heterocycles. The Labute approximate surface area is 152 Å². The van der Waals surface area contributed by atoms with Gasteiger partial charge in [-0.2, -0.15) is 0 Å². The second kappa shape index (κ2) is 7.15. The Hall–Kier alpha value is -1.89. The molecule has 1 saturated carbocycles. The van der Waals surface area contributed by atoms with Gasteiger partial charge in [-0.1, -0.05) is 23.7 Å². The van der Waals surface area contributed by atoms with Crippen LogP contribution in [0.3, 0.4) is 0 Å². The maximum absolute atomic E-state index is 12.7. The van der Waals surface area contributed by atoms with Gasteiger partial charge in [0.25, 0.3) is 0 Å². The lowest BCUT2D eigenvalue weighted by molar-refractivity contribution is -0.114. The molecule has 0 bridgehead atoms. The number of nitrogens with one attached hydrogen (secondary N) is 2. The van der Waals surface area contributed by atoms with Gasteiger partial charge in [0, 0.05) is 23.7 Å². The Bertz CT molecular complexity index is 860. The summed E-state index contributed by atoms with van der Waals surface area (Å²) in [5.74, 6) is 0.0971. The maximum atomic E-state index is 12.7. The van der Waals surface area contributed by atoms with Gasteiger partial charge < -0.3 is 5.32 Å². The molecule has 0 spiro atoms. The van der Waals surface area contributed by atoms with Crippen molar-refractivity contribution in [1.29, 1.82) is 0 Å². The fraction of sp³-hybridized carbons (Fsp3) is 0.278. The lowest BCUT2D eigenvalue weighted by Crippen LogP contribution is -2.30. The fourth-order valence-corrected chi connectivity index (χ4v) is 4.11. The molecule has 7 heteroatoms. The van der Waals surface area contributed by atoms with Gasteiger partial charge in [-0.15, -0.1) is 0 Å². The summed E-state index contributed by atoms with van der Waals surface area (Å²) in [6.07, 6.45) is 1.99. The van der Waals surface area contributed by atoms with E-state index in [9.17, 15) is 13.2 Å². The van der Waals surface area contributed by atoms with Gasteiger partial charge >= 0.3 is 0 Å². The Morgan fingerprint density at radius 3 is 2.20 bits per heavy atom. The molecule has 1 fully saturated rings. The predicted molar refractivity (Wildman–Crippen MR) is 98.0 cm³/mol. The molecule has 1 atom stereocenters. The van der Waals surface area contributed by atoms with Crippen LogP contribution in [0.1, 0.15) is 31.4 Å². The molecule has 0 aliphatic heterocycles. The maximum Gasteiger partial charge on any atom is 0.241 e. The Kier molecular flexibility index (Phi) is 5.13. The highest BCUT2D eigenvalue weighted by atomic mass is 35.5. The Balaban J connectivity index is 1.81. The third-order valence-electron chi connectivity index (χ3n) is 4.09. The summed E-state index contributed by atoms with van der Waals surface area (Å²) in [6.45, 7) is 1.40. The van der Waals surface area contributed by atoms with Crippen LogP contribution in [0.5, 0.6) is 0 Å². The van der Waals surface area contributed by atoms with E-state index in [0.717, 1.165) is 18.4 Å². The normalized spacial score (nSPS) is 15.6. The smallest absolute Gasteiger partial charge is 0.241 e. The molecule has 1 amide bonds. The van der Waals surface area contributed by atoms with Crippen molar-refractivity contribution in [2.75, 3.05) is 5.32 Å². The van der Waals surface area contributed by atoms with Gasteiger partial charge in [-0.3, -0.25) is 4.79 Å². The van der Waals surface area contributed by atoms with Crippen molar-refractivity contribution in [2.45, 2.75) is 30.7 Å². The zero-order valence-corrected chi connectivity index (χ0v) is 15.3. The van der Waals surface area contributed by atoms with Crippen LogP contribution in [0.15, 0.2) is 53.4 Å². The Morgan fingerprint density at radius 1 is 1.08 bits per heavy atom. The minimum atomic E-state index is -3.66. The summed E-state index contributed by atoms with van der Waals surface area (Å²) in [5.41, 5.74) is 1.47. The van der Waals surface area contributed by atoms with Crippen molar-refractivity contribution in [2.24, 2.45) is 5.92 Å². The molecule has 132 valence electrons. The van der Waals surface area contributed by atoms with E-state index in [1.54, 1.807) is 24.3 Å². The van der Waals surface area contributed by atoms with Crippen LogP contribution in [0, 0.1) is 5.92 Å². The second-order valence-corrected chi connectivity index (χ2v) is 8.34. The van der Waals surface area contributed by atoms with Crippen molar-refractivity contribution in [1.82, 2.24) is 4.72 Å². The molecule has 3 rings (SSSR count). The topological polar surface area (TPSA) is 75.3 Å². The van der Waals surface area contributed by atoms with E-state index >= 15 is 0 Å². The summed E-state index contributed by atoms with van der Waals surface area (Å²) in [4.78, 5) is 11.2. The highest BCUT2D eigenvalue weighted by molar-refractivity contribution is 7.89. The molecular weight excluding hydrogens is 360 g/mol. The van der Waals surface area contributed by atoms with Gasteiger partial charge in [0.1, 0.15) is 0 Å². The molecule has 0 saturated heterocycles. The SMILES string of the molecule is CC(=O)Nc1ccc(S(=O)(=O)N[C@H](c2ccc(Cl)cc2)C2CC2)cc1. The van der Waals surface area contributed by atoms with Crippen molar-refractivity contribution in [3.63, 3.8) is 0 Å². The quantitative estimate of drug-likeness (QED) is 0.804. The molecule has 2 aromatic carbocycles. The van der Waals surface area contributed by atoms with Crippen LogP contribution in [0.4, 0.5) is 5.69 Å². The lowest BCUT2D eigenvalue weighted by atomic mass is 10.0. The molecule has 1 aliphatic carbocycles. The first-order valence-corrected chi connectivity index (χ1v) is 9.87. The zero-order chi connectivity index (χ0) is 18.0. The summed E-state index contributed by atoms with van der Waals surface area (Å²) < 4.78 is 28.3. The molecule has 0 unspecified atom stereocenters. The van der Waals surface area contributed by atoms with E-state index in [1.807, 2.05) is 12.1 Å². The number of hydrogen-bond donors (Lipinski definition) is 2. The molecule has 25 heavy (non-hydrogen) atoms. The fourth-order valence-electron chi connectivity index (χ4n) is 2.69. The second-order valence-electron chi connectivity index (χ2n) is 6.19. The standard InChI is InChI=1S/C18H19ClN2O3S/c1-12(22)20-16-8-10-17(11-9-16)25(23,24)21-18(13-2-3-13)14-4-6-15(19)7-5-14/h4-11,13,18,21H,2-3H2,1H3,(H,20,22)/t18-/m0/s1. The van der Waals surface area contributed by atoms with Crippen LogP contribution in [0.2, 0.25) is 5.02 Å². The third kappa shape index (κ3) is 4.60. The van der Waals surface area contributed by atoms with E-state index in [4.69, 9.17) is 11.6 Å². The predicted octanol–water partition coefficient (Wildman–Crippen LogP) is 3.73. The number of carbonyl (C=O) groups is 1. The minimum absolute atomic E-state index is 0.168. The molecule has 0 heterocycles. The number of halogens is 1. The summed E-state index contributed by atoms with van der Waals surface area (Å²) in [6, 6.07) is 13.1. The molecule has 2 aromatic rings. The van der Waals surface area contributed by atoms with Crippen LogP contribution >= 0.6 is 11.6 Å². The largest absolute Gasteiger partial charge is 0.326 e. The summed E-state index contributed by atoms with van der Waals surface area (Å²) in [5, 5.41) is 3.24. The number of carbonyl (C=O) groups excluding carboxylic acids is 1. The van der Waals surface area contributed by atoms with Crippen LogP contribution in [-0.2, 0) is 14.8 Å². The van der Waals surface area contributed by atoms with Gasteiger partial charge in [-0.05, 0) is 60.7 Å². The third-order valence-corrected chi connectivity index (χ3v) is 5.80. The summed E-state index contributed by atoms with van der Waals surface area (Å²) >= 11 is 5.92. The number of sulfonamides is 1. The van der Waals surface area contributed by atoms with E-state index < -0.39 is 10.0 Å². The zero-order valence-electron chi connectivity index (χ0n) is 13.7. The molecule has 5 nitrogen and oxygen atoms in total. The molecular formula is C18H19ClN2O3S. The first-order valence-electron chi connectivity index (χ1n) is 8.00. The summed E-state index contributed by atoms with van der Waals surface area (Å²) in [7, 11) is -3.66. The van der Waals surface area contributed by atoms with Crippen LogP contribution < -0.4 is 10.0 Å². The van der Waals surface area contributed by atoms with Gasteiger partial charge in [0.2, 0.25) is 15.9 Å². The van der Waals surface area contributed by atoms with E-state index in [0.29, 0.717) is 16.6 Å². The molecule has 2 N–H and O–H groups in total. The number of anilines is 1. The van der Waals surface area contributed by atoms with Crippen molar-refractivity contribution in [3.05, 3.63) is 59.1 Å². The van der Waals surface area contributed by atoms with Crippen LogP contribution in [0.25, 0.3) is 0 Å².